The fraction of sp³-hybridized carbons (Fsp3) is 0.550. The second-order valence-corrected chi connectivity index (χ2v) is 8.08. The molecule has 8 nitrogen and oxygen atoms in total. The van der Waals surface area contributed by atoms with Crippen LogP contribution >= 0.6 is 0 Å². The zero-order valence-electron chi connectivity index (χ0n) is 15.8. The summed E-state index contributed by atoms with van der Waals surface area (Å²) in [7, 11) is 0. The summed E-state index contributed by atoms with van der Waals surface area (Å²) in [5, 5.41) is 7.02. The number of piperazine rings is 1. The van der Waals surface area contributed by atoms with E-state index in [9.17, 15) is 9.59 Å². The van der Waals surface area contributed by atoms with Crippen LogP contribution < -0.4 is 10.6 Å². The molecule has 2 bridgehead atoms. The zero-order chi connectivity index (χ0) is 19.1. The lowest BCUT2D eigenvalue weighted by Gasteiger charge is -2.30. The van der Waals surface area contributed by atoms with Crippen LogP contribution in [0.3, 0.4) is 0 Å². The molecule has 3 aliphatic rings. The number of rotatable bonds is 3. The average Bonchev–Trinajstić information content (AvgIpc) is 3.30. The Balaban J connectivity index is 1.35. The summed E-state index contributed by atoms with van der Waals surface area (Å²) in [4.78, 5) is 34.1. The van der Waals surface area contributed by atoms with Gasteiger partial charge in [0.25, 0.3) is 11.8 Å². The maximum Gasteiger partial charge on any atom is 0.270 e. The van der Waals surface area contributed by atoms with E-state index >= 15 is 0 Å². The third kappa shape index (κ3) is 3.27. The Morgan fingerprint density at radius 3 is 2.89 bits per heavy atom. The Labute approximate surface area is 163 Å². The lowest BCUT2D eigenvalue weighted by molar-refractivity contribution is 0.0736. The van der Waals surface area contributed by atoms with Crippen molar-refractivity contribution in [2.24, 2.45) is 5.92 Å². The molecule has 0 saturated carbocycles. The number of aromatic nitrogens is 1. The number of amides is 2. The molecule has 0 spiro atoms. The fourth-order valence-corrected chi connectivity index (χ4v) is 4.68. The van der Waals surface area contributed by atoms with E-state index in [-0.39, 0.29) is 17.9 Å². The summed E-state index contributed by atoms with van der Waals surface area (Å²) in [5.74, 6) is 0.442. The topological polar surface area (TPSA) is 90.7 Å². The van der Waals surface area contributed by atoms with E-state index in [0.717, 1.165) is 39.1 Å². The molecule has 0 aromatic carbocycles. The minimum absolute atomic E-state index is 0.0607. The van der Waals surface area contributed by atoms with Crippen LogP contribution in [-0.4, -0.2) is 78.5 Å². The van der Waals surface area contributed by atoms with Crippen molar-refractivity contribution in [3.05, 3.63) is 29.8 Å². The molecule has 5 heterocycles. The number of fused-ring (bicyclic) bond motifs is 3. The van der Waals surface area contributed by atoms with Gasteiger partial charge in [0.15, 0.2) is 5.58 Å². The molecule has 0 aliphatic carbocycles. The van der Waals surface area contributed by atoms with Gasteiger partial charge in [-0.25, -0.2) is 4.98 Å². The monoisotopic (exact) mass is 383 g/mol. The molecule has 2 aromatic heterocycles. The standard InChI is InChI=1S/C20H25N5O3/c26-19(23-14-7-13-1-4-24(10-13)11-14)17-8-15-16(12-28-18(15)9-22-17)20(27)25-5-2-21-3-6-25/h8-9,12-14,21H,1-7,10-11H2,(H,23,26). The van der Waals surface area contributed by atoms with Crippen LogP contribution in [0.15, 0.2) is 22.9 Å². The van der Waals surface area contributed by atoms with Crippen molar-refractivity contribution in [2.45, 2.75) is 18.9 Å². The number of piperidine rings is 1. The van der Waals surface area contributed by atoms with Gasteiger partial charge < -0.3 is 24.9 Å². The van der Waals surface area contributed by atoms with E-state index in [1.54, 1.807) is 6.07 Å². The van der Waals surface area contributed by atoms with Crippen LogP contribution in [0.5, 0.6) is 0 Å². The molecule has 2 aromatic rings. The van der Waals surface area contributed by atoms with Crippen LogP contribution in [-0.2, 0) is 0 Å². The fourth-order valence-electron chi connectivity index (χ4n) is 4.68. The molecular formula is C20H25N5O3. The van der Waals surface area contributed by atoms with Crippen molar-refractivity contribution in [1.29, 1.82) is 0 Å². The second-order valence-electron chi connectivity index (χ2n) is 8.08. The van der Waals surface area contributed by atoms with Crippen molar-refractivity contribution >= 4 is 22.8 Å². The van der Waals surface area contributed by atoms with E-state index in [0.29, 0.717) is 41.2 Å². The lowest BCUT2D eigenvalue weighted by Crippen LogP contribution is -2.47. The first-order chi connectivity index (χ1) is 13.7. The van der Waals surface area contributed by atoms with Crippen LogP contribution in [0.25, 0.3) is 11.0 Å². The van der Waals surface area contributed by atoms with Gasteiger partial charge in [-0.2, -0.15) is 0 Å². The highest BCUT2D eigenvalue weighted by molar-refractivity contribution is 6.07. The summed E-state index contributed by atoms with van der Waals surface area (Å²) >= 11 is 0. The first-order valence-corrected chi connectivity index (χ1v) is 10.1. The highest BCUT2D eigenvalue weighted by Gasteiger charge is 2.33. The Hall–Kier alpha value is -2.45. The van der Waals surface area contributed by atoms with Crippen LogP contribution in [0.1, 0.15) is 33.7 Å². The van der Waals surface area contributed by atoms with Crippen LogP contribution in [0.4, 0.5) is 0 Å². The molecule has 3 unspecified atom stereocenters. The van der Waals surface area contributed by atoms with Gasteiger partial charge in [-0.05, 0) is 31.4 Å². The van der Waals surface area contributed by atoms with E-state index in [1.165, 1.54) is 18.9 Å². The highest BCUT2D eigenvalue weighted by atomic mass is 16.3. The van der Waals surface area contributed by atoms with Gasteiger partial charge in [-0.3, -0.25) is 9.59 Å². The van der Waals surface area contributed by atoms with Gasteiger partial charge >= 0.3 is 0 Å². The van der Waals surface area contributed by atoms with Gasteiger partial charge in [0.05, 0.1) is 11.8 Å². The largest absolute Gasteiger partial charge is 0.462 e. The minimum atomic E-state index is -0.184. The van der Waals surface area contributed by atoms with Crippen molar-refractivity contribution in [3.8, 4) is 0 Å². The number of pyridine rings is 1. The molecule has 0 radical (unpaired) electrons. The van der Waals surface area contributed by atoms with Gasteiger partial charge in [-0.1, -0.05) is 0 Å². The number of nitrogens with one attached hydrogen (secondary N) is 2. The summed E-state index contributed by atoms with van der Waals surface area (Å²) in [6, 6.07) is 1.85. The van der Waals surface area contributed by atoms with Crippen LogP contribution in [0.2, 0.25) is 0 Å². The number of hydrogen-bond donors (Lipinski definition) is 2. The maximum atomic E-state index is 12.9. The second kappa shape index (κ2) is 7.18. The number of hydrogen-bond acceptors (Lipinski definition) is 6. The van der Waals surface area contributed by atoms with E-state index < -0.39 is 0 Å². The predicted molar refractivity (Wildman–Crippen MR) is 103 cm³/mol. The van der Waals surface area contributed by atoms with Crippen molar-refractivity contribution < 1.29 is 14.0 Å². The molecule has 3 saturated heterocycles. The summed E-state index contributed by atoms with van der Waals surface area (Å²) in [5.41, 5.74) is 1.35. The third-order valence-electron chi connectivity index (χ3n) is 6.13. The smallest absolute Gasteiger partial charge is 0.270 e. The molecule has 3 fully saturated rings. The lowest BCUT2D eigenvalue weighted by atomic mass is 9.97. The molecule has 148 valence electrons. The molecule has 3 atom stereocenters. The van der Waals surface area contributed by atoms with E-state index in [1.807, 2.05) is 4.90 Å². The molecule has 3 aliphatic heterocycles. The number of carbonyl (C=O) groups excluding carboxylic acids is 2. The molecule has 8 heteroatoms. The average molecular weight is 383 g/mol. The van der Waals surface area contributed by atoms with Gasteiger partial charge in [0.2, 0.25) is 0 Å². The SMILES string of the molecule is O=C(NC1CC2CCN(C2)C1)c1cc2c(C(=O)N3CCNCC3)coc2cn1. The predicted octanol–water partition coefficient (Wildman–Crippen LogP) is 0.697. The van der Waals surface area contributed by atoms with Crippen LogP contribution in [0, 0.1) is 5.92 Å². The molecular weight excluding hydrogens is 358 g/mol. The summed E-state index contributed by atoms with van der Waals surface area (Å²) in [6.07, 6.45) is 5.27. The Kier molecular flexibility index (Phi) is 4.52. The molecule has 2 N–H and O–H groups in total. The number of furan rings is 1. The molecule has 2 amide bonds. The summed E-state index contributed by atoms with van der Waals surface area (Å²) in [6.45, 7) is 6.11. The third-order valence-corrected chi connectivity index (χ3v) is 6.13. The van der Waals surface area contributed by atoms with Gasteiger partial charge in [-0.15, -0.1) is 0 Å². The highest BCUT2D eigenvalue weighted by Crippen LogP contribution is 2.27. The van der Waals surface area contributed by atoms with E-state index in [4.69, 9.17) is 4.42 Å². The van der Waals surface area contributed by atoms with Crippen molar-refractivity contribution in [3.63, 3.8) is 0 Å². The van der Waals surface area contributed by atoms with E-state index in [2.05, 4.69) is 20.5 Å². The van der Waals surface area contributed by atoms with Gasteiger partial charge in [0.1, 0.15) is 12.0 Å². The maximum absolute atomic E-state index is 12.9. The summed E-state index contributed by atoms with van der Waals surface area (Å²) < 4.78 is 5.52. The normalized spacial score (nSPS) is 27.1. The molecule has 28 heavy (non-hydrogen) atoms. The molecule has 5 rings (SSSR count). The number of nitrogens with zero attached hydrogens (tertiary/aromatic N) is 3. The zero-order valence-corrected chi connectivity index (χ0v) is 15.8. The van der Waals surface area contributed by atoms with Gasteiger partial charge in [0, 0.05) is 50.7 Å². The number of carbonyl (C=O) groups is 2. The minimum Gasteiger partial charge on any atom is -0.462 e. The first-order valence-electron chi connectivity index (χ1n) is 10.1. The quantitative estimate of drug-likeness (QED) is 0.811. The first kappa shape index (κ1) is 17.6. The Morgan fingerprint density at radius 1 is 1.21 bits per heavy atom. The Bertz CT molecular complexity index is 892. The van der Waals surface area contributed by atoms with Crippen molar-refractivity contribution in [2.75, 3.05) is 45.8 Å². The Morgan fingerprint density at radius 2 is 2.07 bits per heavy atom. The van der Waals surface area contributed by atoms with Crippen molar-refractivity contribution in [1.82, 2.24) is 25.4 Å².